The highest BCUT2D eigenvalue weighted by Gasteiger charge is 2.15. The molecule has 1 aromatic rings. The van der Waals surface area contributed by atoms with E-state index in [9.17, 15) is 14.9 Å². The molecule has 0 aliphatic heterocycles. The number of methoxy groups -OCH3 is 1. The summed E-state index contributed by atoms with van der Waals surface area (Å²) in [6, 6.07) is 4.19. The van der Waals surface area contributed by atoms with E-state index < -0.39 is 10.9 Å². The van der Waals surface area contributed by atoms with Crippen molar-refractivity contribution < 1.29 is 19.6 Å². The number of carbonyl (C=O) groups excluding carboxylic acids is 1. The van der Waals surface area contributed by atoms with Crippen LogP contribution in [0.4, 0.5) is 11.4 Å². The van der Waals surface area contributed by atoms with Crippen LogP contribution in [0.15, 0.2) is 24.3 Å². The molecule has 0 radical (unpaired) electrons. The van der Waals surface area contributed by atoms with Crippen molar-refractivity contribution in [1.29, 1.82) is 0 Å². The molecule has 2 N–H and O–H groups in total. The number of anilines is 1. The smallest absolute Gasteiger partial charge is 0.330 e. The number of hydrogen-bond acceptors (Lipinski definition) is 6. The number of carbonyl (C=O) groups is 1. The Morgan fingerprint density at radius 2 is 2.30 bits per heavy atom. The summed E-state index contributed by atoms with van der Waals surface area (Å²) in [7, 11) is 1.25. The van der Waals surface area contributed by atoms with E-state index in [1.165, 1.54) is 31.4 Å². The fraction of sp³-hybridized carbons (Fsp3) is 0.308. The number of aliphatic hydroxyl groups excluding tert-OH is 1. The summed E-state index contributed by atoms with van der Waals surface area (Å²) in [6.07, 6.45) is 2.61. The normalized spacial score (nSPS) is 12.2. The Balaban J connectivity index is 3.04. The number of rotatable bonds is 6. The Morgan fingerprint density at radius 3 is 2.85 bits per heavy atom. The average molecular weight is 280 g/mol. The Labute approximate surface area is 116 Å². The largest absolute Gasteiger partial charge is 0.466 e. The fourth-order valence-electron chi connectivity index (χ4n) is 1.47. The monoisotopic (exact) mass is 280 g/mol. The van der Waals surface area contributed by atoms with E-state index >= 15 is 0 Å². The molecule has 0 bridgehead atoms. The minimum absolute atomic E-state index is 0.127. The number of nitro benzene ring substituents is 1. The van der Waals surface area contributed by atoms with Crippen molar-refractivity contribution in [3.63, 3.8) is 0 Å². The van der Waals surface area contributed by atoms with Gasteiger partial charge in [-0.1, -0.05) is 6.07 Å². The van der Waals surface area contributed by atoms with Gasteiger partial charge < -0.3 is 15.2 Å². The minimum atomic E-state index is -0.538. The van der Waals surface area contributed by atoms with Crippen molar-refractivity contribution in [1.82, 2.24) is 0 Å². The second-order valence-corrected chi connectivity index (χ2v) is 4.12. The SMILES string of the molecule is COC(=O)/C=C/c1ccc(NC(C)CO)c([N+](=O)[O-])c1. The van der Waals surface area contributed by atoms with E-state index in [0.29, 0.717) is 11.3 Å². The van der Waals surface area contributed by atoms with E-state index in [0.717, 1.165) is 0 Å². The van der Waals surface area contributed by atoms with Crippen molar-refractivity contribution >= 4 is 23.4 Å². The van der Waals surface area contributed by atoms with E-state index in [2.05, 4.69) is 10.1 Å². The molecule has 0 spiro atoms. The van der Waals surface area contributed by atoms with Gasteiger partial charge in [-0.2, -0.15) is 0 Å². The van der Waals surface area contributed by atoms with Gasteiger partial charge in [0, 0.05) is 18.2 Å². The summed E-state index contributed by atoms with van der Waals surface area (Å²) < 4.78 is 4.44. The van der Waals surface area contributed by atoms with E-state index in [1.807, 2.05) is 0 Å². The molecule has 1 unspecified atom stereocenters. The first kappa shape index (κ1) is 15.6. The molecule has 0 heterocycles. The maximum atomic E-state index is 11.0. The molecule has 0 saturated carbocycles. The molecule has 108 valence electrons. The van der Waals surface area contributed by atoms with Crippen LogP contribution in [0.5, 0.6) is 0 Å². The Hall–Kier alpha value is -2.41. The first-order valence-electron chi connectivity index (χ1n) is 5.89. The summed E-state index contributed by atoms with van der Waals surface area (Å²) in [4.78, 5) is 21.5. The lowest BCUT2D eigenvalue weighted by atomic mass is 10.1. The van der Waals surface area contributed by atoms with E-state index in [-0.39, 0.29) is 18.3 Å². The lowest BCUT2D eigenvalue weighted by Crippen LogP contribution is -2.19. The summed E-state index contributed by atoms with van der Waals surface area (Å²) >= 11 is 0. The summed E-state index contributed by atoms with van der Waals surface area (Å²) in [5.74, 6) is -0.538. The van der Waals surface area contributed by atoms with Crippen LogP contribution in [-0.2, 0) is 9.53 Å². The summed E-state index contributed by atoms with van der Waals surface area (Å²) in [5.41, 5.74) is 0.688. The molecule has 0 amide bonds. The number of ether oxygens (including phenoxy) is 1. The van der Waals surface area contributed by atoms with Crippen molar-refractivity contribution in [2.24, 2.45) is 0 Å². The molecule has 20 heavy (non-hydrogen) atoms. The summed E-state index contributed by atoms with van der Waals surface area (Å²) in [5, 5.41) is 22.8. The lowest BCUT2D eigenvalue weighted by Gasteiger charge is -2.12. The van der Waals surface area contributed by atoms with Crippen molar-refractivity contribution in [3.05, 3.63) is 40.0 Å². The Bertz CT molecular complexity index is 527. The molecular weight excluding hydrogens is 264 g/mol. The molecule has 0 aliphatic carbocycles. The highest BCUT2D eigenvalue weighted by Crippen LogP contribution is 2.26. The number of esters is 1. The molecule has 0 fully saturated rings. The van der Waals surface area contributed by atoms with Crippen LogP contribution < -0.4 is 5.32 Å². The maximum Gasteiger partial charge on any atom is 0.330 e. The van der Waals surface area contributed by atoms with Crippen LogP contribution in [0.25, 0.3) is 6.08 Å². The van der Waals surface area contributed by atoms with E-state index in [4.69, 9.17) is 5.11 Å². The zero-order chi connectivity index (χ0) is 15.1. The molecule has 0 aromatic heterocycles. The van der Waals surface area contributed by atoms with Gasteiger partial charge in [0.2, 0.25) is 0 Å². The van der Waals surface area contributed by atoms with Crippen LogP contribution in [0.3, 0.4) is 0 Å². The fourth-order valence-corrected chi connectivity index (χ4v) is 1.47. The van der Waals surface area contributed by atoms with Crippen molar-refractivity contribution in [3.8, 4) is 0 Å². The Kier molecular flexibility index (Phi) is 5.67. The summed E-state index contributed by atoms with van der Waals surface area (Å²) in [6.45, 7) is 1.57. The number of nitrogens with zero attached hydrogens (tertiary/aromatic N) is 1. The third-order valence-corrected chi connectivity index (χ3v) is 2.51. The second kappa shape index (κ2) is 7.25. The number of nitro groups is 1. The quantitative estimate of drug-likeness (QED) is 0.355. The van der Waals surface area contributed by atoms with Gasteiger partial charge in [0.15, 0.2) is 0 Å². The predicted molar refractivity (Wildman–Crippen MR) is 74.3 cm³/mol. The zero-order valence-electron chi connectivity index (χ0n) is 11.2. The maximum absolute atomic E-state index is 11.0. The number of benzene rings is 1. The highest BCUT2D eigenvalue weighted by atomic mass is 16.6. The molecule has 1 rings (SSSR count). The van der Waals surface area contributed by atoms with Gasteiger partial charge in [-0.15, -0.1) is 0 Å². The predicted octanol–water partition coefficient (Wildman–Crippen LogP) is 1.57. The van der Waals surface area contributed by atoms with Crippen LogP contribution in [0.1, 0.15) is 12.5 Å². The van der Waals surface area contributed by atoms with Crippen LogP contribution in [-0.4, -0.2) is 35.8 Å². The van der Waals surface area contributed by atoms with Crippen LogP contribution >= 0.6 is 0 Å². The second-order valence-electron chi connectivity index (χ2n) is 4.12. The topological polar surface area (TPSA) is 102 Å². The van der Waals surface area contributed by atoms with Crippen molar-refractivity contribution in [2.45, 2.75) is 13.0 Å². The van der Waals surface area contributed by atoms with Crippen molar-refractivity contribution in [2.75, 3.05) is 19.0 Å². The first-order chi connectivity index (χ1) is 9.47. The standard InChI is InChI=1S/C13H16N2O5/c1-9(8-16)14-11-5-3-10(4-6-13(17)20-2)7-12(11)15(18)19/h3-7,9,14,16H,8H2,1-2H3/b6-4+. The number of hydrogen-bond donors (Lipinski definition) is 2. The third-order valence-electron chi connectivity index (χ3n) is 2.51. The van der Waals surface area contributed by atoms with Gasteiger partial charge in [0.1, 0.15) is 5.69 Å². The molecule has 0 aliphatic rings. The van der Waals surface area contributed by atoms with Gasteiger partial charge in [-0.05, 0) is 24.6 Å². The van der Waals surface area contributed by atoms with E-state index in [1.54, 1.807) is 13.0 Å². The number of nitrogens with one attached hydrogen (secondary N) is 1. The first-order valence-corrected chi connectivity index (χ1v) is 5.89. The highest BCUT2D eigenvalue weighted by molar-refractivity contribution is 5.87. The molecular formula is C13H16N2O5. The van der Waals surface area contributed by atoms with Gasteiger partial charge >= 0.3 is 5.97 Å². The van der Waals surface area contributed by atoms with Gasteiger partial charge in [-0.25, -0.2) is 4.79 Å². The zero-order valence-corrected chi connectivity index (χ0v) is 11.2. The molecule has 1 atom stereocenters. The molecule has 7 heteroatoms. The third kappa shape index (κ3) is 4.36. The van der Waals surface area contributed by atoms with Crippen LogP contribution in [0, 0.1) is 10.1 Å². The molecule has 1 aromatic carbocycles. The molecule has 0 saturated heterocycles. The minimum Gasteiger partial charge on any atom is -0.466 e. The van der Waals surface area contributed by atoms with Gasteiger partial charge in [-0.3, -0.25) is 10.1 Å². The average Bonchev–Trinajstić information content (AvgIpc) is 2.45. The van der Waals surface area contributed by atoms with Gasteiger partial charge in [0.05, 0.1) is 18.6 Å². The lowest BCUT2D eigenvalue weighted by molar-refractivity contribution is -0.384. The Morgan fingerprint density at radius 1 is 1.60 bits per heavy atom. The number of aliphatic hydroxyl groups is 1. The molecule has 7 nitrogen and oxygen atoms in total. The van der Waals surface area contributed by atoms with Crippen LogP contribution in [0.2, 0.25) is 0 Å². The van der Waals surface area contributed by atoms with Gasteiger partial charge in [0.25, 0.3) is 5.69 Å².